The molecule has 0 amide bonds. The van der Waals surface area contributed by atoms with Gasteiger partial charge in [0.15, 0.2) is 0 Å². The number of hydrogen-bond acceptors (Lipinski definition) is 3. The van der Waals surface area contributed by atoms with Gasteiger partial charge in [-0.25, -0.2) is 0 Å². The molecule has 0 saturated carbocycles. The summed E-state index contributed by atoms with van der Waals surface area (Å²) in [6.07, 6.45) is 0.806. The molecule has 1 unspecified atom stereocenters. The number of non-ortho nitro benzene ring substituents is 1. The van der Waals surface area contributed by atoms with Gasteiger partial charge in [0.1, 0.15) is 6.29 Å². The molecule has 0 radical (unpaired) electrons. The Morgan fingerprint density at radius 3 is 2.60 bits per heavy atom. The van der Waals surface area contributed by atoms with E-state index in [9.17, 15) is 14.9 Å². The van der Waals surface area contributed by atoms with Gasteiger partial charge < -0.3 is 4.79 Å². The van der Waals surface area contributed by atoms with Crippen LogP contribution in [0.3, 0.4) is 0 Å². The Kier molecular flexibility index (Phi) is 4.41. The highest BCUT2D eigenvalue weighted by Gasteiger charge is 2.15. The van der Waals surface area contributed by atoms with Crippen LogP contribution in [0.4, 0.5) is 5.69 Å². The van der Waals surface area contributed by atoms with Gasteiger partial charge in [0.05, 0.1) is 10.8 Å². The summed E-state index contributed by atoms with van der Waals surface area (Å²) in [4.78, 5) is 20.7. The third-order valence-corrected chi connectivity index (χ3v) is 3.31. The summed E-state index contributed by atoms with van der Waals surface area (Å²) in [5.74, 6) is -0.292. The van der Waals surface area contributed by atoms with E-state index in [1.807, 2.05) is 0 Å². The summed E-state index contributed by atoms with van der Waals surface area (Å²) in [5.41, 5.74) is 0.748. The lowest BCUT2D eigenvalue weighted by atomic mass is 10.0. The molecule has 1 rings (SSSR count). The summed E-state index contributed by atoms with van der Waals surface area (Å²) in [6.45, 7) is 0. The fourth-order valence-electron chi connectivity index (χ4n) is 1.12. The van der Waals surface area contributed by atoms with E-state index in [1.165, 1.54) is 12.1 Å². The first-order valence-corrected chi connectivity index (χ1v) is 5.96. The zero-order valence-electron chi connectivity index (χ0n) is 7.52. The van der Waals surface area contributed by atoms with E-state index in [-0.39, 0.29) is 11.6 Å². The van der Waals surface area contributed by atoms with Gasteiger partial charge in [-0.3, -0.25) is 10.1 Å². The second kappa shape index (κ2) is 5.37. The Labute approximate surface area is 103 Å². The van der Waals surface area contributed by atoms with Crippen molar-refractivity contribution in [2.24, 2.45) is 0 Å². The standard InChI is InChI=1S/C9H7Br2NO3/c10-4-6(5-13)8-2-1-7(12(14)15)3-9(8)11/h1-3,5-6H,4H2. The first-order valence-electron chi connectivity index (χ1n) is 4.05. The Balaban J connectivity index is 3.12. The molecule has 0 N–H and O–H groups in total. The molecule has 1 aromatic carbocycles. The maximum atomic E-state index is 10.7. The number of hydrogen-bond donors (Lipinski definition) is 0. The molecule has 1 aromatic rings. The summed E-state index contributed by atoms with van der Waals surface area (Å²) in [6, 6.07) is 4.37. The molecule has 0 bridgehead atoms. The number of nitrogens with zero attached hydrogens (tertiary/aromatic N) is 1. The first kappa shape index (κ1) is 12.3. The van der Waals surface area contributed by atoms with E-state index < -0.39 is 4.92 Å². The van der Waals surface area contributed by atoms with Gasteiger partial charge in [0.2, 0.25) is 0 Å². The Bertz CT molecular complexity index is 395. The van der Waals surface area contributed by atoms with Crippen molar-refractivity contribution in [1.29, 1.82) is 0 Å². The smallest absolute Gasteiger partial charge is 0.270 e. The van der Waals surface area contributed by atoms with Crippen molar-refractivity contribution < 1.29 is 9.72 Å². The molecule has 0 fully saturated rings. The highest BCUT2D eigenvalue weighted by molar-refractivity contribution is 9.10. The first-order chi connectivity index (χ1) is 7.10. The van der Waals surface area contributed by atoms with Crippen LogP contribution in [0.25, 0.3) is 0 Å². The number of rotatable bonds is 4. The highest BCUT2D eigenvalue weighted by atomic mass is 79.9. The number of nitro groups is 1. The molecule has 80 valence electrons. The van der Waals surface area contributed by atoms with Crippen LogP contribution in [0.5, 0.6) is 0 Å². The average molecular weight is 337 g/mol. The van der Waals surface area contributed by atoms with Crippen molar-refractivity contribution in [3.8, 4) is 0 Å². The average Bonchev–Trinajstić information content (AvgIpc) is 2.21. The third kappa shape index (κ3) is 2.85. The summed E-state index contributed by atoms with van der Waals surface area (Å²) >= 11 is 6.42. The normalized spacial score (nSPS) is 12.1. The fraction of sp³-hybridized carbons (Fsp3) is 0.222. The number of nitro benzene ring substituents is 1. The van der Waals surface area contributed by atoms with Gasteiger partial charge in [-0.2, -0.15) is 0 Å². The molecule has 1 atom stereocenters. The number of benzene rings is 1. The van der Waals surface area contributed by atoms with Crippen LogP contribution >= 0.6 is 31.9 Å². The van der Waals surface area contributed by atoms with E-state index in [1.54, 1.807) is 6.07 Å². The molecular formula is C9H7Br2NO3. The summed E-state index contributed by atoms with van der Waals surface area (Å²) < 4.78 is 0.577. The van der Waals surface area contributed by atoms with Crippen LogP contribution in [-0.2, 0) is 4.79 Å². The van der Waals surface area contributed by atoms with Crippen molar-refractivity contribution in [2.45, 2.75) is 5.92 Å². The SMILES string of the molecule is O=CC(CBr)c1ccc([N+](=O)[O-])cc1Br. The maximum absolute atomic E-state index is 10.7. The minimum absolute atomic E-state index is 0.00449. The molecule has 0 aliphatic carbocycles. The second-order valence-corrected chi connectivity index (χ2v) is 4.36. The van der Waals surface area contributed by atoms with Gasteiger partial charge >= 0.3 is 0 Å². The zero-order chi connectivity index (χ0) is 11.4. The van der Waals surface area contributed by atoms with Crippen LogP contribution in [-0.4, -0.2) is 16.5 Å². The van der Waals surface area contributed by atoms with Crippen LogP contribution < -0.4 is 0 Å². The topological polar surface area (TPSA) is 60.2 Å². The quantitative estimate of drug-likeness (QED) is 0.367. The highest BCUT2D eigenvalue weighted by Crippen LogP contribution is 2.28. The molecule has 0 aliphatic heterocycles. The van der Waals surface area contributed by atoms with Crippen LogP contribution in [0.15, 0.2) is 22.7 Å². The molecule has 0 spiro atoms. The Morgan fingerprint density at radius 1 is 1.53 bits per heavy atom. The van der Waals surface area contributed by atoms with Crippen molar-refractivity contribution in [1.82, 2.24) is 0 Å². The largest absolute Gasteiger partial charge is 0.303 e. The minimum Gasteiger partial charge on any atom is -0.303 e. The Hall–Kier alpha value is -0.750. The summed E-state index contributed by atoms with van der Waals surface area (Å²) in [7, 11) is 0. The monoisotopic (exact) mass is 335 g/mol. The predicted octanol–water partition coefficient (Wildman–Crippen LogP) is 3.03. The van der Waals surface area contributed by atoms with E-state index in [4.69, 9.17) is 0 Å². The number of carbonyl (C=O) groups is 1. The van der Waals surface area contributed by atoms with Crippen LogP contribution in [0.1, 0.15) is 11.5 Å². The van der Waals surface area contributed by atoms with Crippen molar-refractivity contribution >= 4 is 43.8 Å². The van der Waals surface area contributed by atoms with E-state index in [2.05, 4.69) is 31.9 Å². The van der Waals surface area contributed by atoms with Gasteiger partial charge in [-0.15, -0.1) is 0 Å². The molecular weight excluding hydrogens is 330 g/mol. The number of alkyl halides is 1. The lowest BCUT2D eigenvalue weighted by molar-refractivity contribution is -0.384. The maximum Gasteiger partial charge on any atom is 0.270 e. The molecule has 4 nitrogen and oxygen atoms in total. The van der Waals surface area contributed by atoms with Crippen LogP contribution in [0, 0.1) is 10.1 Å². The molecule has 6 heteroatoms. The molecule has 0 aliphatic rings. The van der Waals surface area contributed by atoms with E-state index in [0.29, 0.717) is 9.80 Å². The fourth-order valence-corrected chi connectivity index (χ4v) is 2.29. The minimum atomic E-state index is -0.474. The third-order valence-electron chi connectivity index (χ3n) is 1.92. The molecule has 15 heavy (non-hydrogen) atoms. The second-order valence-electron chi connectivity index (χ2n) is 2.86. The molecule has 0 aromatic heterocycles. The molecule has 0 saturated heterocycles. The zero-order valence-corrected chi connectivity index (χ0v) is 10.7. The Morgan fingerprint density at radius 2 is 2.20 bits per heavy atom. The number of carbonyl (C=O) groups excluding carboxylic acids is 1. The lowest BCUT2D eigenvalue weighted by Crippen LogP contribution is -2.02. The van der Waals surface area contributed by atoms with Gasteiger partial charge in [-0.1, -0.05) is 37.9 Å². The molecule has 0 heterocycles. The van der Waals surface area contributed by atoms with E-state index in [0.717, 1.165) is 11.8 Å². The number of halogens is 2. The summed E-state index contributed by atoms with van der Waals surface area (Å²) in [5, 5.41) is 11.0. The van der Waals surface area contributed by atoms with Gasteiger partial charge in [0, 0.05) is 21.9 Å². The lowest BCUT2D eigenvalue weighted by Gasteiger charge is -2.08. The van der Waals surface area contributed by atoms with E-state index >= 15 is 0 Å². The predicted molar refractivity (Wildman–Crippen MR) is 63.4 cm³/mol. The van der Waals surface area contributed by atoms with Crippen molar-refractivity contribution in [3.05, 3.63) is 38.3 Å². The number of aldehydes is 1. The van der Waals surface area contributed by atoms with Gasteiger partial charge in [0.25, 0.3) is 5.69 Å². The van der Waals surface area contributed by atoms with Crippen molar-refractivity contribution in [3.63, 3.8) is 0 Å². The van der Waals surface area contributed by atoms with Gasteiger partial charge in [-0.05, 0) is 5.56 Å². The van der Waals surface area contributed by atoms with Crippen molar-refractivity contribution in [2.75, 3.05) is 5.33 Å². The van der Waals surface area contributed by atoms with Crippen LogP contribution in [0.2, 0.25) is 0 Å².